The van der Waals surface area contributed by atoms with Gasteiger partial charge >= 0.3 is 0 Å². The molecule has 0 bridgehead atoms. The van der Waals surface area contributed by atoms with Crippen LogP contribution in [0.4, 0.5) is 0 Å². The number of hydrogen-bond acceptors (Lipinski definition) is 2. The Bertz CT molecular complexity index is 453. The van der Waals surface area contributed by atoms with Crippen molar-refractivity contribution in [2.45, 2.75) is 13.8 Å². The molecule has 2 nitrogen and oxygen atoms in total. The lowest BCUT2D eigenvalue weighted by Crippen LogP contribution is -1.95. The van der Waals surface area contributed by atoms with Crippen LogP contribution in [0.5, 0.6) is 0 Å². The van der Waals surface area contributed by atoms with E-state index >= 15 is 0 Å². The lowest BCUT2D eigenvalue weighted by Gasteiger charge is -1.98. The molecule has 82 valence electrons. The summed E-state index contributed by atoms with van der Waals surface area (Å²) in [5.74, 6) is 0. The molecule has 0 aromatic heterocycles. The van der Waals surface area contributed by atoms with Crippen molar-refractivity contribution in [3.63, 3.8) is 0 Å². The summed E-state index contributed by atoms with van der Waals surface area (Å²) in [6, 6.07) is 10.2. The predicted octanol–water partition coefficient (Wildman–Crippen LogP) is 2.90. The second-order valence-electron chi connectivity index (χ2n) is 4.01. The van der Waals surface area contributed by atoms with Gasteiger partial charge in [0.05, 0.1) is 13.1 Å². The molecule has 1 aliphatic heterocycles. The van der Waals surface area contributed by atoms with E-state index in [4.69, 9.17) is 0 Å². The van der Waals surface area contributed by atoms with Gasteiger partial charge in [-0.3, -0.25) is 9.98 Å². The first kappa shape index (κ1) is 10.8. The first-order valence-electron chi connectivity index (χ1n) is 5.52. The van der Waals surface area contributed by atoms with Crippen molar-refractivity contribution in [2.75, 3.05) is 13.1 Å². The fourth-order valence-electron chi connectivity index (χ4n) is 1.68. The molecule has 0 amide bonds. The van der Waals surface area contributed by atoms with E-state index in [0.29, 0.717) is 0 Å². The van der Waals surface area contributed by atoms with E-state index in [9.17, 15) is 0 Å². The normalized spacial score (nSPS) is 16.0. The van der Waals surface area contributed by atoms with Crippen LogP contribution in [0.15, 0.2) is 51.5 Å². The SMILES string of the molecule is CC1=NCC(CN=Cc2ccccc2)=C1C. The third-order valence-electron chi connectivity index (χ3n) is 2.90. The topological polar surface area (TPSA) is 24.7 Å². The Labute approximate surface area is 96.4 Å². The zero-order valence-electron chi connectivity index (χ0n) is 9.77. The van der Waals surface area contributed by atoms with Gasteiger partial charge in [-0.05, 0) is 30.6 Å². The van der Waals surface area contributed by atoms with Gasteiger partial charge in [0, 0.05) is 11.9 Å². The molecule has 0 saturated heterocycles. The summed E-state index contributed by atoms with van der Waals surface area (Å²) in [5.41, 5.74) is 4.95. The zero-order chi connectivity index (χ0) is 11.4. The Morgan fingerprint density at radius 1 is 1.25 bits per heavy atom. The van der Waals surface area contributed by atoms with Gasteiger partial charge in [0.25, 0.3) is 0 Å². The lowest BCUT2D eigenvalue weighted by molar-refractivity contribution is 1.06. The van der Waals surface area contributed by atoms with Gasteiger partial charge in [0.2, 0.25) is 0 Å². The number of allylic oxidation sites excluding steroid dienone is 1. The standard InChI is InChI=1S/C14H16N2/c1-11-12(2)16-10-14(11)9-15-8-13-6-4-3-5-7-13/h3-8H,9-10H2,1-2H3. The highest BCUT2D eigenvalue weighted by molar-refractivity contribution is 6.00. The van der Waals surface area contributed by atoms with Crippen LogP contribution in [0.1, 0.15) is 19.4 Å². The molecule has 0 radical (unpaired) electrons. The third kappa shape index (κ3) is 2.45. The maximum absolute atomic E-state index is 4.45. The molecule has 0 aliphatic carbocycles. The van der Waals surface area contributed by atoms with Crippen LogP contribution >= 0.6 is 0 Å². The summed E-state index contributed by atoms with van der Waals surface area (Å²) in [7, 11) is 0. The minimum Gasteiger partial charge on any atom is -0.288 e. The van der Waals surface area contributed by atoms with Crippen LogP contribution < -0.4 is 0 Å². The minimum absolute atomic E-state index is 0.765. The van der Waals surface area contributed by atoms with E-state index in [0.717, 1.165) is 24.4 Å². The molecular formula is C14H16N2. The Morgan fingerprint density at radius 2 is 2.00 bits per heavy atom. The van der Waals surface area contributed by atoms with E-state index in [2.05, 4.69) is 36.0 Å². The van der Waals surface area contributed by atoms with Crippen LogP contribution in [-0.4, -0.2) is 25.0 Å². The number of nitrogens with zero attached hydrogens (tertiary/aromatic N) is 2. The van der Waals surface area contributed by atoms with Gasteiger partial charge in [0.1, 0.15) is 0 Å². The van der Waals surface area contributed by atoms with Crippen molar-refractivity contribution in [2.24, 2.45) is 9.98 Å². The Kier molecular flexibility index (Phi) is 3.30. The Morgan fingerprint density at radius 3 is 2.62 bits per heavy atom. The first-order valence-corrected chi connectivity index (χ1v) is 5.52. The van der Waals surface area contributed by atoms with Crippen LogP contribution in [0.3, 0.4) is 0 Å². The van der Waals surface area contributed by atoms with Gasteiger partial charge in [-0.1, -0.05) is 30.3 Å². The summed E-state index contributed by atoms with van der Waals surface area (Å²) in [6.07, 6.45) is 1.92. The lowest BCUT2D eigenvalue weighted by atomic mass is 10.1. The molecule has 1 aliphatic rings. The van der Waals surface area contributed by atoms with Crippen molar-refractivity contribution in [3.05, 3.63) is 47.0 Å². The summed E-state index contributed by atoms with van der Waals surface area (Å²) in [6.45, 7) is 5.77. The fraction of sp³-hybridized carbons (Fsp3) is 0.286. The van der Waals surface area contributed by atoms with E-state index < -0.39 is 0 Å². The molecule has 0 fully saturated rings. The average Bonchev–Trinajstić information content (AvgIpc) is 2.62. The summed E-state index contributed by atoms with van der Waals surface area (Å²) in [5, 5.41) is 0. The van der Waals surface area contributed by atoms with Crippen LogP contribution in [0.2, 0.25) is 0 Å². The highest BCUT2D eigenvalue weighted by Crippen LogP contribution is 2.14. The van der Waals surface area contributed by atoms with Crippen molar-refractivity contribution in [1.82, 2.24) is 0 Å². The minimum atomic E-state index is 0.765. The van der Waals surface area contributed by atoms with Crippen LogP contribution in [0.25, 0.3) is 0 Å². The van der Waals surface area contributed by atoms with E-state index in [1.54, 1.807) is 0 Å². The number of aliphatic imine (C=N–C) groups is 2. The molecule has 2 rings (SSSR count). The molecule has 0 N–H and O–H groups in total. The monoisotopic (exact) mass is 212 g/mol. The summed E-state index contributed by atoms with van der Waals surface area (Å²) in [4.78, 5) is 8.85. The Balaban J connectivity index is 1.97. The molecular weight excluding hydrogens is 196 g/mol. The smallest absolute Gasteiger partial charge is 0.0627 e. The van der Waals surface area contributed by atoms with E-state index in [1.165, 1.54) is 11.1 Å². The third-order valence-corrected chi connectivity index (χ3v) is 2.90. The second kappa shape index (κ2) is 4.88. The van der Waals surface area contributed by atoms with Crippen molar-refractivity contribution in [3.8, 4) is 0 Å². The van der Waals surface area contributed by atoms with E-state index in [1.807, 2.05) is 24.4 Å². The largest absolute Gasteiger partial charge is 0.288 e. The summed E-state index contributed by atoms with van der Waals surface area (Å²) >= 11 is 0. The number of rotatable bonds is 3. The molecule has 1 aromatic carbocycles. The van der Waals surface area contributed by atoms with Gasteiger partial charge in [-0.15, -0.1) is 0 Å². The second-order valence-corrected chi connectivity index (χ2v) is 4.01. The molecule has 2 heteroatoms. The van der Waals surface area contributed by atoms with Crippen molar-refractivity contribution < 1.29 is 0 Å². The van der Waals surface area contributed by atoms with Crippen molar-refractivity contribution >= 4 is 11.9 Å². The van der Waals surface area contributed by atoms with Crippen LogP contribution in [-0.2, 0) is 0 Å². The highest BCUT2D eigenvalue weighted by Gasteiger charge is 2.10. The average molecular weight is 212 g/mol. The molecule has 0 unspecified atom stereocenters. The van der Waals surface area contributed by atoms with Gasteiger partial charge in [-0.25, -0.2) is 0 Å². The number of benzene rings is 1. The first-order chi connectivity index (χ1) is 7.77. The van der Waals surface area contributed by atoms with Gasteiger partial charge in [-0.2, -0.15) is 0 Å². The van der Waals surface area contributed by atoms with Crippen LogP contribution in [0, 0.1) is 0 Å². The fourth-order valence-corrected chi connectivity index (χ4v) is 1.68. The maximum Gasteiger partial charge on any atom is 0.0627 e. The Hall–Kier alpha value is -1.70. The maximum atomic E-state index is 4.45. The quantitative estimate of drug-likeness (QED) is 0.688. The highest BCUT2D eigenvalue weighted by atomic mass is 14.8. The predicted molar refractivity (Wildman–Crippen MR) is 69.6 cm³/mol. The van der Waals surface area contributed by atoms with Gasteiger partial charge < -0.3 is 0 Å². The molecule has 0 atom stereocenters. The van der Waals surface area contributed by atoms with Gasteiger partial charge in [0.15, 0.2) is 0 Å². The molecule has 1 aromatic rings. The molecule has 0 spiro atoms. The zero-order valence-corrected chi connectivity index (χ0v) is 9.77. The summed E-state index contributed by atoms with van der Waals surface area (Å²) < 4.78 is 0. The molecule has 1 heterocycles. The molecule has 0 saturated carbocycles. The van der Waals surface area contributed by atoms with Crippen molar-refractivity contribution in [1.29, 1.82) is 0 Å². The number of hydrogen-bond donors (Lipinski definition) is 0. The van der Waals surface area contributed by atoms with E-state index in [-0.39, 0.29) is 0 Å². The molecule has 16 heavy (non-hydrogen) atoms.